The van der Waals surface area contributed by atoms with Crippen LogP contribution in [0.2, 0.25) is 0 Å². The van der Waals surface area contributed by atoms with Crippen molar-refractivity contribution in [3.05, 3.63) is 221 Å². The van der Waals surface area contributed by atoms with E-state index in [1.54, 1.807) is 0 Å². The predicted octanol–water partition coefficient (Wildman–Crippen LogP) is 10.6. The number of hydrogen-bond acceptors (Lipinski definition) is 6. The molecular formula is C52H44N6. The van der Waals surface area contributed by atoms with Gasteiger partial charge in [0, 0.05) is 48.0 Å². The van der Waals surface area contributed by atoms with Crippen molar-refractivity contribution < 1.29 is 0 Å². The van der Waals surface area contributed by atoms with Crippen molar-refractivity contribution in [2.75, 3.05) is 9.80 Å². The number of dihydropyridines is 1. The zero-order chi connectivity index (χ0) is 39.3. The first-order valence-electron chi connectivity index (χ1n) is 19.9. The standard InChI is InChI=1S/C52H44N6/c1-38-19-22-46(37-56-38)57(43-16-9-29-53-34-43)41-23-26-48-49(32-41)47(25-20-39-12-5-3-6-13-39)51-28-24-42(33-52(51,2)50(48)27-21-40-14-7-4-8-15-40)58(44-17-10-30-54-35-44)45-18-11-31-55-36-45/h3-18,20-32,34-38H,19,33H2,1-2H3/b25-20+,27-21+. The molecule has 0 N–H and O–H groups in total. The van der Waals surface area contributed by atoms with Crippen molar-refractivity contribution in [3.8, 4) is 0 Å². The van der Waals surface area contributed by atoms with Gasteiger partial charge in [-0.1, -0.05) is 110 Å². The smallest absolute Gasteiger partial charge is 0.0645 e. The molecule has 0 fully saturated rings. The second-order valence-corrected chi connectivity index (χ2v) is 15.1. The van der Waals surface area contributed by atoms with Crippen LogP contribution in [0.1, 0.15) is 37.8 Å². The van der Waals surface area contributed by atoms with Gasteiger partial charge in [0.25, 0.3) is 0 Å². The van der Waals surface area contributed by atoms with Crippen LogP contribution in [0.3, 0.4) is 0 Å². The molecule has 3 aromatic carbocycles. The van der Waals surface area contributed by atoms with E-state index in [4.69, 9.17) is 4.99 Å². The van der Waals surface area contributed by atoms with E-state index in [0.717, 1.165) is 58.1 Å². The molecular weight excluding hydrogens is 709 g/mol. The van der Waals surface area contributed by atoms with E-state index in [-0.39, 0.29) is 6.04 Å². The molecule has 0 bridgehead atoms. The molecule has 1 aliphatic heterocycles. The highest BCUT2D eigenvalue weighted by Crippen LogP contribution is 2.51. The minimum atomic E-state index is -0.416. The first-order chi connectivity index (χ1) is 28.5. The number of benzene rings is 3. The van der Waals surface area contributed by atoms with E-state index >= 15 is 0 Å². The number of aliphatic imine (C=N–C) groups is 1. The van der Waals surface area contributed by atoms with Gasteiger partial charge in [-0.25, -0.2) is 0 Å². The minimum Gasteiger partial charge on any atom is -0.311 e. The summed E-state index contributed by atoms with van der Waals surface area (Å²) < 4.78 is 0. The highest BCUT2D eigenvalue weighted by atomic mass is 15.2. The topological polar surface area (TPSA) is 57.5 Å². The molecule has 4 heterocycles. The molecule has 3 aliphatic rings. The number of nitrogens with zero attached hydrogens (tertiary/aromatic N) is 6. The van der Waals surface area contributed by atoms with Crippen LogP contribution in [-0.2, 0) is 0 Å². The minimum absolute atomic E-state index is 0.251. The Morgan fingerprint density at radius 3 is 1.78 bits per heavy atom. The van der Waals surface area contributed by atoms with E-state index in [9.17, 15) is 0 Å². The molecule has 0 radical (unpaired) electrons. The van der Waals surface area contributed by atoms with Crippen LogP contribution in [-0.4, -0.2) is 27.2 Å². The largest absolute Gasteiger partial charge is 0.311 e. The lowest BCUT2D eigenvalue weighted by molar-refractivity contribution is 0.529. The average Bonchev–Trinajstić information content (AvgIpc) is 3.27. The Morgan fingerprint density at radius 1 is 0.603 bits per heavy atom. The van der Waals surface area contributed by atoms with Gasteiger partial charge < -0.3 is 9.80 Å². The predicted molar refractivity (Wildman–Crippen MR) is 240 cm³/mol. The molecule has 0 spiro atoms. The van der Waals surface area contributed by atoms with Crippen LogP contribution >= 0.6 is 0 Å². The average molecular weight is 753 g/mol. The van der Waals surface area contributed by atoms with E-state index in [1.807, 2.05) is 61.6 Å². The molecule has 2 unspecified atom stereocenters. The van der Waals surface area contributed by atoms with Gasteiger partial charge in [0.1, 0.15) is 0 Å². The second-order valence-electron chi connectivity index (χ2n) is 15.1. The maximum absolute atomic E-state index is 4.83. The number of pyridine rings is 3. The number of hydrogen-bond donors (Lipinski definition) is 0. The van der Waals surface area contributed by atoms with E-state index in [0.29, 0.717) is 0 Å². The molecule has 9 rings (SSSR count). The third-order valence-electron chi connectivity index (χ3n) is 11.2. The third kappa shape index (κ3) is 7.28. The molecule has 282 valence electrons. The Bertz CT molecular complexity index is 2700. The number of anilines is 4. The van der Waals surface area contributed by atoms with Crippen molar-refractivity contribution in [1.82, 2.24) is 15.0 Å². The molecule has 2 aliphatic carbocycles. The molecule has 6 aromatic rings. The summed E-state index contributed by atoms with van der Waals surface area (Å²) in [6.45, 7) is 4.56. The maximum atomic E-state index is 4.83. The molecule has 0 amide bonds. The van der Waals surface area contributed by atoms with Crippen LogP contribution in [0, 0.1) is 5.41 Å². The Hall–Kier alpha value is -7.18. The van der Waals surface area contributed by atoms with E-state index in [1.165, 1.54) is 27.2 Å². The SMILES string of the molecule is CC1CC=C(N(c2cccnc2)c2ccc3c(c2)=C(/C=C/c2ccccc2)C2=CC=C(N(c4cccnc4)c4cccnc4)CC2(C)C=3/C=C/c2ccccc2)C=N1. The van der Waals surface area contributed by atoms with Gasteiger partial charge in [0.05, 0.1) is 47.4 Å². The molecule has 6 heteroatoms. The quantitative estimate of drug-likeness (QED) is 0.139. The maximum Gasteiger partial charge on any atom is 0.0645 e. The van der Waals surface area contributed by atoms with Gasteiger partial charge in [-0.15, -0.1) is 0 Å². The van der Waals surface area contributed by atoms with Gasteiger partial charge >= 0.3 is 0 Å². The van der Waals surface area contributed by atoms with Crippen LogP contribution in [0.15, 0.2) is 205 Å². The summed E-state index contributed by atoms with van der Waals surface area (Å²) in [7, 11) is 0. The molecule has 0 saturated heterocycles. The molecule has 58 heavy (non-hydrogen) atoms. The Kier molecular flexibility index (Phi) is 10.1. The van der Waals surface area contributed by atoms with Crippen LogP contribution in [0.4, 0.5) is 22.7 Å². The van der Waals surface area contributed by atoms with Crippen molar-refractivity contribution in [2.24, 2.45) is 10.4 Å². The lowest BCUT2D eigenvalue weighted by Gasteiger charge is -2.43. The van der Waals surface area contributed by atoms with Crippen molar-refractivity contribution >= 4 is 52.3 Å². The third-order valence-corrected chi connectivity index (χ3v) is 11.2. The Morgan fingerprint density at radius 2 is 1.21 bits per heavy atom. The molecule has 3 aromatic heterocycles. The summed E-state index contributed by atoms with van der Waals surface area (Å²) >= 11 is 0. The normalized spacial score (nSPS) is 18.7. The highest BCUT2D eigenvalue weighted by Gasteiger charge is 2.40. The highest BCUT2D eigenvalue weighted by molar-refractivity contribution is 5.93. The summed E-state index contributed by atoms with van der Waals surface area (Å²) in [6.07, 6.45) is 30.9. The van der Waals surface area contributed by atoms with Crippen LogP contribution in [0.25, 0.3) is 23.3 Å². The first-order valence-corrected chi connectivity index (χ1v) is 19.9. The van der Waals surface area contributed by atoms with Crippen molar-refractivity contribution in [2.45, 2.75) is 32.7 Å². The number of fused-ring (bicyclic) bond motifs is 2. The van der Waals surface area contributed by atoms with Crippen LogP contribution in [0.5, 0.6) is 0 Å². The number of allylic oxidation sites excluding steroid dienone is 7. The monoisotopic (exact) mass is 752 g/mol. The van der Waals surface area contributed by atoms with Gasteiger partial charge in [-0.3, -0.25) is 19.9 Å². The Balaban J connectivity index is 1.31. The lowest BCUT2D eigenvalue weighted by Crippen LogP contribution is -2.43. The molecule has 2 atom stereocenters. The van der Waals surface area contributed by atoms with Crippen LogP contribution < -0.4 is 20.2 Å². The van der Waals surface area contributed by atoms with Gasteiger partial charge in [-0.2, -0.15) is 0 Å². The first kappa shape index (κ1) is 36.5. The van der Waals surface area contributed by atoms with Gasteiger partial charge in [0.2, 0.25) is 0 Å². The second kappa shape index (κ2) is 16.1. The lowest BCUT2D eigenvalue weighted by atomic mass is 9.64. The molecule has 0 saturated carbocycles. The zero-order valence-electron chi connectivity index (χ0n) is 32.7. The summed E-state index contributed by atoms with van der Waals surface area (Å²) in [6, 6.07) is 40.6. The Labute approximate surface area is 340 Å². The van der Waals surface area contributed by atoms with Crippen molar-refractivity contribution in [1.29, 1.82) is 0 Å². The summed E-state index contributed by atoms with van der Waals surface area (Å²) in [5.41, 5.74) is 11.8. The summed E-state index contributed by atoms with van der Waals surface area (Å²) in [5.74, 6) is 0. The summed E-state index contributed by atoms with van der Waals surface area (Å²) in [4.78, 5) is 23.0. The fraction of sp³-hybridized carbons (Fsp3) is 0.115. The summed E-state index contributed by atoms with van der Waals surface area (Å²) in [5, 5.41) is 2.37. The fourth-order valence-corrected chi connectivity index (χ4v) is 8.32. The fourth-order valence-electron chi connectivity index (χ4n) is 8.32. The number of aromatic nitrogens is 3. The zero-order valence-corrected chi connectivity index (χ0v) is 32.7. The van der Waals surface area contributed by atoms with E-state index in [2.05, 4.69) is 178 Å². The number of rotatable bonds is 10. The van der Waals surface area contributed by atoms with Gasteiger partial charge in [-0.05, 0) is 106 Å². The van der Waals surface area contributed by atoms with Gasteiger partial charge in [0.15, 0.2) is 0 Å². The van der Waals surface area contributed by atoms with E-state index < -0.39 is 5.41 Å². The molecule has 6 nitrogen and oxygen atoms in total. The van der Waals surface area contributed by atoms with Crippen molar-refractivity contribution in [3.63, 3.8) is 0 Å².